The highest BCUT2D eigenvalue weighted by atomic mass is 35.5. The van der Waals surface area contributed by atoms with Gasteiger partial charge in [-0.25, -0.2) is 4.98 Å². The molecule has 0 bridgehead atoms. The molecule has 0 aliphatic heterocycles. The van der Waals surface area contributed by atoms with Crippen molar-refractivity contribution in [1.82, 2.24) is 9.55 Å². The van der Waals surface area contributed by atoms with Crippen molar-refractivity contribution in [2.45, 2.75) is 40.3 Å². The van der Waals surface area contributed by atoms with E-state index in [2.05, 4.69) is 30.3 Å². The number of aromatic nitrogens is 2. The summed E-state index contributed by atoms with van der Waals surface area (Å²) in [6.07, 6.45) is 2.85. The van der Waals surface area contributed by atoms with Crippen LogP contribution in [0.25, 0.3) is 10.9 Å². The number of nitrogens with zero attached hydrogens (tertiary/aromatic N) is 2. The van der Waals surface area contributed by atoms with Crippen LogP contribution in [0.4, 0.5) is 0 Å². The highest BCUT2D eigenvalue weighted by Gasteiger charge is 2.16. The van der Waals surface area contributed by atoms with E-state index in [-0.39, 0.29) is 12.4 Å². The Kier molecular flexibility index (Phi) is 6.61. The van der Waals surface area contributed by atoms with Crippen LogP contribution in [0.1, 0.15) is 30.2 Å². The summed E-state index contributed by atoms with van der Waals surface area (Å²) in [6, 6.07) is 7.47. The minimum absolute atomic E-state index is 0. The van der Waals surface area contributed by atoms with Gasteiger partial charge in [-0.05, 0) is 44.0 Å². The number of benzene rings is 1. The van der Waals surface area contributed by atoms with Crippen LogP contribution in [0.5, 0.6) is 5.88 Å². The molecule has 3 rings (SSSR count). The molecule has 0 fully saturated rings. The second-order valence-corrected chi connectivity index (χ2v) is 6.74. The van der Waals surface area contributed by atoms with Crippen LogP contribution in [0, 0.1) is 13.8 Å². The number of rotatable bonds is 5. The Bertz CT molecular complexity index is 890. The van der Waals surface area contributed by atoms with Crippen molar-refractivity contribution in [3.05, 3.63) is 57.3 Å². The number of hydrogen-bond donors (Lipinski definition) is 0. The van der Waals surface area contributed by atoms with E-state index in [1.807, 2.05) is 18.2 Å². The second kappa shape index (κ2) is 8.31. The molecule has 0 saturated carbocycles. The molecule has 25 heavy (non-hydrogen) atoms. The first kappa shape index (κ1) is 19.9. The molecule has 0 unspecified atom stereocenters. The fourth-order valence-corrected chi connectivity index (χ4v) is 3.42. The van der Waals surface area contributed by atoms with E-state index in [1.54, 1.807) is 12.3 Å². The van der Waals surface area contributed by atoms with Gasteiger partial charge in [-0.3, -0.25) is 0 Å². The summed E-state index contributed by atoms with van der Waals surface area (Å²) in [6.45, 7) is 7.76. The third-order valence-electron chi connectivity index (χ3n) is 4.34. The summed E-state index contributed by atoms with van der Waals surface area (Å²) in [4.78, 5) is 4.45. The molecule has 0 aliphatic rings. The van der Waals surface area contributed by atoms with E-state index in [4.69, 9.17) is 27.9 Å². The zero-order valence-electron chi connectivity index (χ0n) is 14.5. The number of aryl methyl sites for hydroxylation is 2. The van der Waals surface area contributed by atoms with Gasteiger partial charge in [0.15, 0.2) is 0 Å². The lowest BCUT2D eigenvalue weighted by Gasteiger charge is -2.12. The molecule has 0 atom stereocenters. The summed E-state index contributed by atoms with van der Waals surface area (Å²) in [5.74, 6) is 0.642. The molecular formula is C19H21Cl3N2O. The van der Waals surface area contributed by atoms with E-state index in [0.717, 1.165) is 24.0 Å². The quantitative estimate of drug-likeness (QED) is 0.498. The maximum Gasteiger partial charge on any atom is 0.238 e. The first-order chi connectivity index (χ1) is 11.5. The first-order valence-corrected chi connectivity index (χ1v) is 8.79. The summed E-state index contributed by atoms with van der Waals surface area (Å²) in [5, 5.41) is 2.41. The van der Waals surface area contributed by atoms with Crippen molar-refractivity contribution in [2.24, 2.45) is 0 Å². The largest absolute Gasteiger partial charge is 0.471 e. The van der Waals surface area contributed by atoms with Gasteiger partial charge < -0.3 is 9.30 Å². The molecular weight excluding hydrogens is 379 g/mol. The number of fused-ring (bicyclic) bond motifs is 1. The zero-order valence-corrected chi connectivity index (χ0v) is 16.8. The maximum atomic E-state index is 6.23. The third-order valence-corrected chi connectivity index (χ3v) is 4.93. The molecule has 134 valence electrons. The van der Waals surface area contributed by atoms with Crippen LogP contribution in [0.3, 0.4) is 0 Å². The van der Waals surface area contributed by atoms with Crippen LogP contribution in [-0.4, -0.2) is 9.55 Å². The van der Waals surface area contributed by atoms with E-state index < -0.39 is 0 Å². The van der Waals surface area contributed by atoms with Crippen LogP contribution in [0.2, 0.25) is 10.0 Å². The number of hydrogen-bond acceptors (Lipinski definition) is 2. The highest BCUT2D eigenvalue weighted by Crippen LogP contribution is 2.32. The summed E-state index contributed by atoms with van der Waals surface area (Å²) in [7, 11) is 0. The van der Waals surface area contributed by atoms with Gasteiger partial charge in [0.05, 0.1) is 0 Å². The van der Waals surface area contributed by atoms with E-state index in [9.17, 15) is 0 Å². The Morgan fingerprint density at radius 2 is 1.92 bits per heavy atom. The van der Waals surface area contributed by atoms with Crippen molar-refractivity contribution in [2.75, 3.05) is 0 Å². The average Bonchev–Trinajstić information content (AvgIpc) is 2.80. The lowest BCUT2D eigenvalue weighted by Crippen LogP contribution is -2.03. The van der Waals surface area contributed by atoms with Gasteiger partial charge in [0.1, 0.15) is 12.1 Å². The lowest BCUT2D eigenvalue weighted by atomic mass is 10.2. The van der Waals surface area contributed by atoms with Gasteiger partial charge in [0.25, 0.3) is 0 Å². The molecule has 0 radical (unpaired) electrons. The monoisotopic (exact) mass is 398 g/mol. The molecule has 0 amide bonds. The van der Waals surface area contributed by atoms with E-state index >= 15 is 0 Å². The summed E-state index contributed by atoms with van der Waals surface area (Å²) < 4.78 is 8.31. The Morgan fingerprint density at radius 1 is 1.16 bits per heavy atom. The van der Waals surface area contributed by atoms with Gasteiger partial charge >= 0.3 is 0 Å². The Labute approximate surface area is 164 Å². The van der Waals surface area contributed by atoms with Gasteiger partial charge in [0, 0.05) is 39.4 Å². The maximum absolute atomic E-state index is 6.23. The summed E-state index contributed by atoms with van der Waals surface area (Å²) >= 11 is 12.2. The fraction of sp³-hybridized carbons (Fsp3) is 0.316. The molecule has 6 heteroatoms. The van der Waals surface area contributed by atoms with Crippen molar-refractivity contribution in [1.29, 1.82) is 0 Å². The van der Waals surface area contributed by atoms with Crippen molar-refractivity contribution < 1.29 is 4.74 Å². The third kappa shape index (κ3) is 3.89. The van der Waals surface area contributed by atoms with Crippen molar-refractivity contribution in [3.63, 3.8) is 0 Å². The van der Waals surface area contributed by atoms with Gasteiger partial charge in [0.2, 0.25) is 5.88 Å². The van der Waals surface area contributed by atoms with E-state index in [0.29, 0.717) is 22.5 Å². The molecule has 0 aliphatic carbocycles. The van der Waals surface area contributed by atoms with Gasteiger partial charge in [-0.1, -0.05) is 36.2 Å². The topological polar surface area (TPSA) is 27.1 Å². The minimum Gasteiger partial charge on any atom is -0.471 e. The van der Waals surface area contributed by atoms with Gasteiger partial charge in [-0.15, -0.1) is 12.4 Å². The number of halogens is 3. The predicted molar refractivity (Wildman–Crippen MR) is 108 cm³/mol. The Morgan fingerprint density at radius 3 is 2.60 bits per heavy atom. The first-order valence-electron chi connectivity index (χ1n) is 8.04. The minimum atomic E-state index is 0. The molecule has 3 aromatic rings. The summed E-state index contributed by atoms with van der Waals surface area (Å²) in [5.41, 5.74) is 4.48. The number of ether oxygens (including phenoxy) is 1. The Hall–Kier alpha value is -1.42. The smallest absolute Gasteiger partial charge is 0.238 e. The zero-order chi connectivity index (χ0) is 17.3. The molecule has 1 aromatic carbocycles. The fourth-order valence-electron chi connectivity index (χ4n) is 2.96. The second-order valence-electron chi connectivity index (χ2n) is 5.90. The SMILES string of the molecule is CCCn1c(C)c(C)c2ccnc(OCc3ccc(Cl)cc3Cl)c21.Cl. The Balaban J connectivity index is 0.00000225. The van der Waals surface area contributed by atoms with Crippen molar-refractivity contribution >= 4 is 46.5 Å². The molecule has 2 heterocycles. The van der Waals surface area contributed by atoms with Crippen LogP contribution < -0.4 is 4.74 Å². The van der Waals surface area contributed by atoms with Crippen molar-refractivity contribution in [3.8, 4) is 5.88 Å². The molecule has 0 spiro atoms. The standard InChI is InChI=1S/C19H20Cl2N2O.ClH/c1-4-9-23-13(3)12(2)16-7-8-22-19(18(16)23)24-11-14-5-6-15(20)10-17(14)21;/h5-8,10H,4,9,11H2,1-3H3;1H. The van der Waals surface area contributed by atoms with Crippen LogP contribution in [-0.2, 0) is 13.2 Å². The molecule has 0 saturated heterocycles. The predicted octanol–water partition coefficient (Wildman–Crippen LogP) is 6.37. The molecule has 0 N–H and O–H groups in total. The lowest BCUT2D eigenvalue weighted by molar-refractivity contribution is 0.296. The highest BCUT2D eigenvalue weighted by molar-refractivity contribution is 6.35. The van der Waals surface area contributed by atoms with Gasteiger partial charge in [-0.2, -0.15) is 0 Å². The van der Waals surface area contributed by atoms with Crippen LogP contribution in [0.15, 0.2) is 30.5 Å². The molecule has 3 nitrogen and oxygen atoms in total. The van der Waals surface area contributed by atoms with Crippen LogP contribution >= 0.6 is 35.6 Å². The average molecular weight is 400 g/mol. The normalized spacial score (nSPS) is 10.8. The van der Waals surface area contributed by atoms with E-state index in [1.165, 1.54) is 16.6 Å². The number of pyridine rings is 1. The molecule has 2 aromatic heterocycles.